The van der Waals surface area contributed by atoms with Gasteiger partial charge in [-0.25, -0.2) is 4.79 Å². The number of hydrogen-bond donors (Lipinski definition) is 0. The fourth-order valence-corrected chi connectivity index (χ4v) is 7.35. The molecule has 0 heterocycles. The maximum absolute atomic E-state index is 13.0. The van der Waals surface area contributed by atoms with Crippen molar-refractivity contribution in [3.05, 3.63) is 82.9 Å². The zero-order valence-electron chi connectivity index (χ0n) is 29.3. The topological polar surface area (TPSA) is 35.5 Å². The van der Waals surface area contributed by atoms with Crippen LogP contribution in [0, 0.1) is 5.92 Å². The molecule has 1 aliphatic rings. The Morgan fingerprint density at radius 3 is 1.74 bits per heavy atom. The minimum Gasteiger partial charge on any atom is -0.494 e. The van der Waals surface area contributed by atoms with Crippen LogP contribution in [0.1, 0.15) is 158 Å². The summed E-state index contributed by atoms with van der Waals surface area (Å²) in [5, 5.41) is 0.681. The van der Waals surface area contributed by atoms with Crippen molar-refractivity contribution in [1.82, 2.24) is 0 Å². The highest BCUT2D eigenvalue weighted by atomic mass is 35.5. The Balaban J connectivity index is 1.17. The molecule has 0 atom stereocenters. The van der Waals surface area contributed by atoms with E-state index in [1.54, 1.807) is 6.07 Å². The van der Waals surface area contributed by atoms with E-state index in [1.807, 2.05) is 48.5 Å². The number of hydrogen-bond acceptors (Lipinski definition) is 3. The standard InChI is InChI=1S/C43H59ClO3/c1-3-5-7-9-11-13-15-17-34-18-20-37(21-19-34)41-31-26-38(33-42(41)44)43(45)47-40-29-24-36(25-30-40)35-22-27-39(28-23-35)46-32-16-14-12-10-8-6-4-2/h22-31,33-34,37H,3-21,32H2,1-2H3. The molecule has 47 heavy (non-hydrogen) atoms. The number of unbranched alkanes of at least 4 members (excludes halogenated alkanes) is 12. The molecular weight excluding hydrogens is 600 g/mol. The van der Waals surface area contributed by atoms with Gasteiger partial charge in [0, 0.05) is 5.02 Å². The Labute approximate surface area is 290 Å². The van der Waals surface area contributed by atoms with Crippen LogP contribution in [0.4, 0.5) is 0 Å². The van der Waals surface area contributed by atoms with Crippen LogP contribution in [0.3, 0.4) is 0 Å². The molecule has 0 radical (unpaired) electrons. The van der Waals surface area contributed by atoms with Gasteiger partial charge in [-0.15, -0.1) is 0 Å². The summed E-state index contributed by atoms with van der Waals surface area (Å²) < 4.78 is 11.7. The Kier molecular flexibility index (Phi) is 16.7. The summed E-state index contributed by atoms with van der Waals surface area (Å²) in [7, 11) is 0. The van der Waals surface area contributed by atoms with Crippen LogP contribution in [0.2, 0.25) is 5.02 Å². The SMILES string of the molecule is CCCCCCCCCOc1ccc(-c2ccc(OC(=O)c3ccc(C4CCC(CCCCCCCCC)CC4)c(Cl)c3)cc2)cc1. The second kappa shape index (κ2) is 21.2. The Morgan fingerprint density at radius 2 is 1.17 bits per heavy atom. The third-order valence-corrected chi connectivity index (χ3v) is 10.3. The van der Waals surface area contributed by atoms with Crippen molar-refractivity contribution in [3.63, 3.8) is 0 Å². The first-order chi connectivity index (χ1) is 23.1. The molecule has 0 amide bonds. The summed E-state index contributed by atoms with van der Waals surface area (Å²) in [6.07, 6.45) is 25.0. The van der Waals surface area contributed by atoms with Gasteiger partial charge < -0.3 is 9.47 Å². The van der Waals surface area contributed by atoms with Crippen molar-refractivity contribution in [2.24, 2.45) is 5.92 Å². The quantitative estimate of drug-likeness (QED) is 0.0649. The van der Waals surface area contributed by atoms with E-state index in [9.17, 15) is 4.79 Å². The normalized spacial score (nSPS) is 16.2. The maximum Gasteiger partial charge on any atom is 0.343 e. The van der Waals surface area contributed by atoms with Crippen molar-refractivity contribution >= 4 is 17.6 Å². The molecule has 1 aliphatic carbocycles. The van der Waals surface area contributed by atoms with Gasteiger partial charge in [-0.2, -0.15) is 0 Å². The first-order valence-corrected chi connectivity index (χ1v) is 19.3. The average molecular weight is 659 g/mol. The highest BCUT2D eigenvalue weighted by Gasteiger charge is 2.24. The largest absolute Gasteiger partial charge is 0.494 e. The van der Waals surface area contributed by atoms with Gasteiger partial charge in [-0.1, -0.05) is 146 Å². The lowest BCUT2D eigenvalue weighted by molar-refractivity contribution is 0.0734. The fraction of sp³-hybridized carbons (Fsp3) is 0.558. The Morgan fingerprint density at radius 1 is 0.638 bits per heavy atom. The maximum atomic E-state index is 13.0. The van der Waals surface area contributed by atoms with Crippen LogP contribution >= 0.6 is 11.6 Å². The van der Waals surface area contributed by atoms with Crippen molar-refractivity contribution in [3.8, 4) is 22.6 Å². The van der Waals surface area contributed by atoms with E-state index in [1.165, 1.54) is 121 Å². The zero-order chi connectivity index (χ0) is 33.1. The van der Waals surface area contributed by atoms with Gasteiger partial charge in [0.05, 0.1) is 12.2 Å². The summed E-state index contributed by atoms with van der Waals surface area (Å²) in [5.41, 5.74) is 3.83. The van der Waals surface area contributed by atoms with Crippen molar-refractivity contribution in [1.29, 1.82) is 0 Å². The first-order valence-electron chi connectivity index (χ1n) is 18.9. The molecule has 3 aromatic carbocycles. The predicted molar refractivity (Wildman–Crippen MR) is 199 cm³/mol. The molecule has 1 fully saturated rings. The molecule has 0 aliphatic heterocycles. The van der Waals surface area contributed by atoms with Crippen LogP contribution in [0.5, 0.6) is 11.5 Å². The van der Waals surface area contributed by atoms with Crippen LogP contribution in [-0.2, 0) is 0 Å². The van der Waals surface area contributed by atoms with E-state index in [0.29, 0.717) is 22.3 Å². The Bertz CT molecular complexity index is 1290. The first kappa shape index (κ1) is 37.0. The van der Waals surface area contributed by atoms with E-state index < -0.39 is 0 Å². The number of esters is 1. The highest BCUT2D eigenvalue weighted by Crippen LogP contribution is 2.40. The molecule has 3 aromatic rings. The fourth-order valence-electron chi connectivity index (χ4n) is 7.01. The summed E-state index contributed by atoms with van der Waals surface area (Å²) in [6.45, 7) is 5.30. The van der Waals surface area contributed by atoms with E-state index in [4.69, 9.17) is 21.1 Å². The van der Waals surface area contributed by atoms with Gasteiger partial charge in [0.25, 0.3) is 0 Å². The second-order valence-electron chi connectivity index (χ2n) is 13.8. The van der Waals surface area contributed by atoms with Gasteiger partial charge in [-0.05, 0) is 97.0 Å². The molecule has 0 aromatic heterocycles. The molecule has 0 spiro atoms. The van der Waals surface area contributed by atoms with Gasteiger partial charge >= 0.3 is 5.97 Å². The van der Waals surface area contributed by atoms with Crippen molar-refractivity contribution in [2.75, 3.05) is 6.61 Å². The lowest BCUT2D eigenvalue weighted by Crippen LogP contribution is -2.14. The summed E-state index contributed by atoms with van der Waals surface area (Å²) in [6, 6.07) is 21.6. The minimum absolute atomic E-state index is 0.382. The van der Waals surface area contributed by atoms with E-state index in [0.717, 1.165) is 35.8 Å². The molecule has 0 saturated heterocycles. The third-order valence-electron chi connectivity index (χ3n) is 10.0. The van der Waals surface area contributed by atoms with E-state index in [-0.39, 0.29) is 5.97 Å². The van der Waals surface area contributed by atoms with Gasteiger partial charge in [0.1, 0.15) is 11.5 Å². The number of benzene rings is 3. The van der Waals surface area contributed by atoms with Gasteiger partial charge in [0.2, 0.25) is 0 Å². The van der Waals surface area contributed by atoms with Crippen molar-refractivity contribution in [2.45, 2.75) is 142 Å². The minimum atomic E-state index is -0.382. The molecule has 0 N–H and O–H groups in total. The van der Waals surface area contributed by atoms with Crippen molar-refractivity contribution < 1.29 is 14.3 Å². The summed E-state index contributed by atoms with van der Waals surface area (Å²) >= 11 is 6.75. The predicted octanol–water partition coefficient (Wildman–Crippen LogP) is 13.8. The summed E-state index contributed by atoms with van der Waals surface area (Å²) in [5.74, 6) is 2.39. The molecule has 256 valence electrons. The molecule has 4 rings (SSSR count). The molecule has 0 bridgehead atoms. The monoisotopic (exact) mass is 658 g/mol. The molecule has 4 heteroatoms. The molecule has 1 saturated carbocycles. The molecular formula is C43H59ClO3. The third kappa shape index (κ3) is 13.0. The van der Waals surface area contributed by atoms with E-state index in [2.05, 4.69) is 26.0 Å². The molecule has 3 nitrogen and oxygen atoms in total. The van der Waals surface area contributed by atoms with Crippen LogP contribution in [0.25, 0.3) is 11.1 Å². The van der Waals surface area contributed by atoms with Gasteiger partial charge in [-0.3, -0.25) is 0 Å². The molecule has 0 unspecified atom stereocenters. The zero-order valence-corrected chi connectivity index (χ0v) is 30.0. The number of halogens is 1. The lowest BCUT2D eigenvalue weighted by atomic mass is 9.77. The number of ether oxygens (including phenoxy) is 2. The number of rotatable bonds is 21. The van der Waals surface area contributed by atoms with Crippen LogP contribution in [0.15, 0.2) is 66.7 Å². The Hall–Kier alpha value is -2.78. The lowest BCUT2D eigenvalue weighted by Gasteiger charge is -2.29. The number of carbonyl (C=O) groups is 1. The smallest absolute Gasteiger partial charge is 0.343 e. The highest BCUT2D eigenvalue weighted by molar-refractivity contribution is 6.31. The average Bonchev–Trinajstić information content (AvgIpc) is 3.10. The van der Waals surface area contributed by atoms with Crippen LogP contribution in [-0.4, -0.2) is 12.6 Å². The van der Waals surface area contributed by atoms with E-state index >= 15 is 0 Å². The van der Waals surface area contributed by atoms with Gasteiger partial charge in [0.15, 0.2) is 0 Å². The summed E-state index contributed by atoms with van der Waals surface area (Å²) in [4.78, 5) is 13.0. The second-order valence-corrected chi connectivity index (χ2v) is 14.2. The number of carbonyl (C=O) groups excluding carboxylic acids is 1. The van der Waals surface area contributed by atoms with Crippen LogP contribution < -0.4 is 9.47 Å².